The summed E-state index contributed by atoms with van der Waals surface area (Å²) in [5.74, 6) is -0.262. The van der Waals surface area contributed by atoms with Crippen molar-refractivity contribution in [2.45, 2.75) is 42.8 Å². The first-order valence-electron chi connectivity index (χ1n) is 13.0. The second kappa shape index (κ2) is 12.1. The molecule has 2 aromatic carbocycles. The van der Waals surface area contributed by atoms with Gasteiger partial charge >= 0.3 is 0 Å². The number of aromatic nitrogens is 2. The first kappa shape index (κ1) is 28.3. The Morgan fingerprint density at radius 1 is 1.10 bits per heavy atom. The number of rotatable bonds is 9. The van der Waals surface area contributed by atoms with Crippen molar-refractivity contribution in [3.8, 4) is 11.1 Å². The van der Waals surface area contributed by atoms with Crippen LogP contribution in [0.4, 0.5) is 5.69 Å². The van der Waals surface area contributed by atoms with E-state index in [2.05, 4.69) is 11.9 Å². The number of fused-ring (bicyclic) bond motifs is 1. The fraction of sp³-hybridized carbons (Fsp3) is 0.276. The second-order valence-electron chi connectivity index (χ2n) is 9.62. The summed E-state index contributed by atoms with van der Waals surface area (Å²) < 4.78 is 28.8. The SMILES string of the molecule is C=CCn1c(SCC(=O)Nc2ccc(S(=O)(=O)N3CCCCC3)cc2)nc2scc(-c3ccc(C)cc3)c2c1=O. The Morgan fingerprint density at radius 3 is 2.48 bits per heavy atom. The van der Waals surface area contributed by atoms with Gasteiger partial charge in [0.1, 0.15) is 4.83 Å². The topological polar surface area (TPSA) is 101 Å². The first-order chi connectivity index (χ1) is 19.3. The standard InChI is InChI=1S/C29H30N4O4S3/c1-3-15-33-28(35)26-24(21-9-7-20(2)8-10-21)18-38-27(26)31-29(33)39-19-25(34)30-22-11-13-23(14-12-22)40(36,37)32-16-5-4-6-17-32/h3,7-14,18H,1,4-6,15-17,19H2,2H3,(H,30,34). The van der Waals surface area contributed by atoms with Crippen molar-refractivity contribution in [3.63, 3.8) is 0 Å². The number of benzene rings is 2. The molecule has 0 bridgehead atoms. The van der Waals surface area contributed by atoms with Crippen LogP contribution in [-0.2, 0) is 21.4 Å². The summed E-state index contributed by atoms with van der Waals surface area (Å²) in [4.78, 5) is 31.9. The van der Waals surface area contributed by atoms with Crippen molar-refractivity contribution >= 4 is 54.9 Å². The van der Waals surface area contributed by atoms with Gasteiger partial charge in [-0.2, -0.15) is 4.31 Å². The Labute approximate surface area is 241 Å². The zero-order valence-corrected chi connectivity index (χ0v) is 24.6. The van der Waals surface area contributed by atoms with E-state index in [9.17, 15) is 18.0 Å². The van der Waals surface area contributed by atoms with Gasteiger partial charge < -0.3 is 5.32 Å². The lowest BCUT2D eigenvalue weighted by atomic mass is 10.1. The number of hydrogen-bond donors (Lipinski definition) is 1. The van der Waals surface area contributed by atoms with Crippen molar-refractivity contribution in [1.29, 1.82) is 0 Å². The van der Waals surface area contributed by atoms with Gasteiger partial charge in [-0.05, 0) is 49.6 Å². The van der Waals surface area contributed by atoms with E-state index in [0.29, 0.717) is 34.1 Å². The highest BCUT2D eigenvalue weighted by molar-refractivity contribution is 7.99. The molecular weight excluding hydrogens is 565 g/mol. The number of sulfonamides is 1. The van der Waals surface area contributed by atoms with Gasteiger partial charge in [0.15, 0.2) is 5.16 Å². The highest BCUT2D eigenvalue weighted by atomic mass is 32.2. The third-order valence-corrected chi connectivity index (χ3v) is 10.5. The van der Waals surface area contributed by atoms with Gasteiger partial charge in [0.25, 0.3) is 5.56 Å². The quantitative estimate of drug-likeness (QED) is 0.156. The second-order valence-corrected chi connectivity index (χ2v) is 13.4. The van der Waals surface area contributed by atoms with E-state index in [4.69, 9.17) is 4.98 Å². The molecule has 0 radical (unpaired) electrons. The predicted octanol–water partition coefficient (Wildman–Crippen LogP) is 5.52. The Balaban J connectivity index is 1.30. The molecule has 5 rings (SSSR count). The number of nitrogens with zero attached hydrogens (tertiary/aromatic N) is 3. The number of hydrogen-bond acceptors (Lipinski definition) is 7. The fourth-order valence-corrected chi connectivity index (χ4v) is 7.96. The third kappa shape index (κ3) is 5.92. The van der Waals surface area contributed by atoms with Gasteiger partial charge in [-0.1, -0.05) is 54.1 Å². The molecule has 11 heteroatoms. The number of carbonyl (C=O) groups is 1. The molecule has 1 aliphatic heterocycles. The van der Waals surface area contributed by atoms with Gasteiger partial charge in [-0.15, -0.1) is 17.9 Å². The van der Waals surface area contributed by atoms with Gasteiger partial charge in [-0.25, -0.2) is 13.4 Å². The lowest BCUT2D eigenvalue weighted by Crippen LogP contribution is -2.35. The molecule has 0 aliphatic carbocycles. The zero-order chi connectivity index (χ0) is 28.3. The predicted molar refractivity (Wildman–Crippen MR) is 163 cm³/mol. The summed E-state index contributed by atoms with van der Waals surface area (Å²) in [7, 11) is -3.54. The normalized spacial score (nSPS) is 14.3. The van der Waals surface area contributed by atoms with Crippen molar-refractivity contribution in [2.75, 3.05) is 24.2 Å². The Morgan fingerprint density at radius 2 is 1.80 bits per heavy atom. The molecule has 2 aromatic heterocycles. The van der Waals surface area contributed by atoms with Crippen LogP contribution in [0, 0.1) is 6.92 Å². The molecule has 3 heterocycles. The van der Waals surface area contributed by atoms with Crippen LogP contribution in [-0.4, -0.2) is 47.0 Å². The molecule has 1 fully saturated rings. The zero-order valence-electron chi connectivity index (χ0n) is 22.1. The molecule has 8 nitrogen and oxygen atoms in total. The number of amides is 1. The lowest BCUT2D eigenvalue weighted by molar-refractivity contribution is -0.113. The molecular formula is C29H30N4O4S3. The largest absolute Gasteiger partial charge is 0.325 e. The van der Waals surface area contributed by atoms with Crippen molar-refractivity contribution < 1.29 is 13.2 Å². The molecule has 40 heavy (non-hydrogen) atoms. The van der Waals surface area contributed by atoms with Crippen LogP contribution in [0.25, 0.3) is 21.3 Å². The highest BCUT2D eigenvalue weighted by Gasteiger charge is 2.26. The van der Waals surface area contributed by atoms with Gasteiger partial charge in [0.2, 0.25) is 15.9 Å². The van der Waals surface area contributed by atoms with E-state index in [1.54, 1.807) is 18.2 Å². The summed E-state index contributed by atoms with van der Waals surface area (Å²) in [5, 5.41) is 5.74. The van der Waals surface area contributed by atoms with E-state index in [-0.39, 0.29) is 28.7 Å². The minimum atomic E-state index is -3.54. The van der Waals surface area contributed by atoms with E-state index < -0.39 is 10.0 Å². The van der Waals surface area contributed by atoms with Crippen LogP contribution in [0.3, 0.4) is 0 Å². The van der Waals surface area contributed by atoms with Gasteiger partial charge in [0.05, 0.1) is 16.0 Å². The number of anilines is 1. The van der Waals surface area contributed by atoms with E-state index in [0.717, 1.165) is 36.0 Å². The number of aryl methyl sites for hydroxylation is 1. The first-order valence-corrected chi connectivity index (χ1v) is 16.3. The van der Waals surface area contributed by atoms with Crippen LogP contribution in [0.15, 0.2) is 81.4 Å². The molecule has 208 valence electrons. The number of allylic oxidation sites excluding steroid dienone is 1. The molecule has 1 N–H and O–H groups in total. The van der Waals surface area contributed by atoms with Crippen LogP contribution >= 0.6 is 23.1 Å². The summed E-state index contributed by atoms with van der Waals surface area (Å²) in [6.07, 6.45) is 4.42. The molecule has 0 saturated carbocycles. The number of carbonyl (C=O) groups excluding carboxylic acids is 1. The maximum atomic E-state index is 13.5. The molecule has 0 unspecified atom stereocenters. The van der Waals surface area contributed by atoms with E-state index in [1.807, 2.05) is 36.6 Å². The molecule has 1 aliphatic rings. The van der Waals surface area contributed by atoms with Gasteiger partial charge in [-0.3, -0.25) is 14.2 Å². The van der Waals surface area contributed by atoms with Crippen LogP contribution < -0.4 is 10.9 Å². The Kier molecular flexibility index (Phi) is 8.55. The number of thiophene rings is 1. The summed E-state index contributed by atoms with van der Waals surface area (Å²) in [5.41, 5.74) is 3.26. The average molecular weight is 595 g/mol. The number of nitrogens with one attached hydrogen (secondary N) is 1. The Hall–Kier alpha value is -3.25. The molecule has 1 saturated heterocycles. The van der Waals surface area contributed by atoms with Crippen molar-refractivity contribution in [1.82, 2.24) is 13.9 Å². The fourth-order valence-electron chi connectivity index (χ4n) is 4.64. The summed E-state index contributed by atoms with van der Waals surface area (Å²) in [6, 6.07) is 14.2. The van der Waals surface area contributed by atoms with Crippen LogP contribution in [0.2, 0.25) is 0 Å². The van der Waals surface area contributed by atoms with E-state index >= 15 is 0 Å². The van der Waals surface area contributed by atoms with E-state index in [1.165, 1.54) is 44.1 Å². The summed E-state index contributed by atoms with van der Waals surface area (Å²) in [6.45, 7) is 7.14. The molecule has 0 spiro atoms. The van der Waals surface area contributed by atoms with Gasteiger partial charge in [0, 0.05) is 36.3 Å². The number of piperidine rings is 1. The molecule has 4 aromatic rings. The maximum Gasteiger partial charge on any atom is 0.263 e. The minimum absolute atomic E-state index is 0.0269. The van der Waals surface area contributed by atoms with Crippen LogP contribution in [0.5, 0.6) is 0 Å². The molecule has 1 amide bonds. The highest BCUT2D eigenvalue weighted by Crippen LogP contribution is 2.32. The number of thioether (sulfide) groups is 1. The summed E-state index contributed by atoms with van der Waals surface area (Å²) >= 11 is 2.57. The van der Waals surface area contributed by atoms with Crippen LogP contribution in [0.1, 0.15) is 24.8 Å². The third-order valence-electron chi connectivity index (χ3n) is 6.76. The Bertz CT molecular complexity index is 1700. The smallest absolute Gasteiger partial charge is 0.263 e. The average Bonchev–Trinajstić information content (AvgIpc) is 3.39. The lowest BCUT2D eigenvalue weighted by Gasteiger charge is -2.25. The minimum Gasteiger partial charge on any atom is -0.325 e. The molecule has 0 atom stereocenters. The monoisotopic (exact) mass is 594 g/mol. The maximum absolute atomic E-state index is 13.5. The van der Waals surface area contributed by atoms with Crippen molar-refractivity contribution in [3.05, 3.63) is 82.5 Å². The van der Waals surface area contributed by atoms with Crippen molar-refractivity contribution in [2.24, 2.45) is 0 Å².